The van der Waals surface area contributed by atoms with Crippen molar-refractivity contribution in [2.24, 2.45) is 0 Å². The van der Waals surface area contributed by atoms with E-state index < -0.39 is 0 Å². The van der Waals surface area contributed by atoms with Crippen LogP contribution in [-0.2, 0) is 0 Å². The Bertz CT molecular complexity index is 1250. The van der Waals surface area contributed by atoms with Crippen LogP contribution in [-0.4, -0.2) is 11.8 Å². The number of halogens is 1. The number of hydrogen-bond donors (Lipinski definition) is 2. The molecule has 0 fully saturated rings. The first kappa shape index (κ1) is 19.7. The van der Waals surface area contributed by atoms with E-state index in [1.165, 1.54) is 0 Å². The Kier molecular flexibility index (Phi) is 5.50. The molecule has 0 spiro atoms. The summed E-state index contributed by atoms with van der Waals surface area (Å²) in [7, 11) is 0. The summed E-state index contributed by atoms with van der Waals surface area (Å²) in [6, 6.07) is 25.4. The molecule has 0 bridgehead atoms. The molecule has 2 N–H and O–H groups in total. The number of nitrogens with one attached hydrogen (secondary N) is 2. The van der Waals surface area contributed by atoms with Gasteiger partial charge in [0.25, 0.3) is 11.8 Å². The van der Waals surface area contributed by atoms with Crippen molar-refractivity contribution in [3.05, 3.63) is 107 Å². The maximum atomic E-state index is 12.9. The Hall–Kier alpha value is -3.63. The number of carbonyl (C=O) groups is 2. The van der Waals surface area contributed by atoms with E-state index in [2.05, 4.69) is 10.6 Å². The lowest BCUT2D eigenvalue weighted by Crippen LogP contribution is -2.14. The fourth-order valence-electron chi connectivity index (χ4n) is 3.33. The highest BCUT2D eigenvalue weighted by Crippen LogP contribution is 2.27. The zero-order chi connectivity index (χ0) is 21.1. The first-order valence-corrected chi connectivity index (χ1v) is 9.86. The normalized spacial score (nSPS) is 10.6. The third-order valence-electron chi connectivity index (χ3n) is 4.88. The number of amides is 2. The Morgan fingerprint density at radius 1 is 0.733 bits per heavy atom. The Morgan fingerprint density at radius 3 is 2.23 bits per heavy atom. The Balaban J connectivity index is 1.54. The molecule has 4 nitrogen and oxygen atoms in total. The first-order chi connectivity index (χ1) is 14.5. The zero-order valence-corrected chi connectivity index (χ0v) is 17.0. The summed E-state index contributed by atoms with van der Waals surface area (Å²) in [5.41, 5.74) is 3.32. The molecule has 0 aliphatic heterocycles. The van der Waals surface area contributed by atoms with Crippen LogP contribution in [0.15, 0.2) is 84.9 Å². The highest BCUT2D eigenvalue weighted by atomic mass is 35.5. The molecule has 0 radical (unpaired) electrons. The van der Waals surface area contributed by atoms with Crippen molar-refractivity contribution in [1.82, 2.24) is 0 Å². The summed E-state index contributed by atoms with van der Waals surface area (Å²) in [6.07, 6.45) is 0. The SMILES string of the molecule is Cc1cc(NC(=O)c2cccc3c(Cl)cccc23)ccc1NC(=O)c1ccccc1. The summed E-state index contributed by atoms with van der Waals surface area (Å²) < 4.78 is 0. The fraction of sp³-hybridized carbons (Fsp3) is 0.0400. The molecule has 4 aromatic carbocycles. The largest absolute Gasteiger partial charge is 0.322 e. The number of anilines is 2. The predicted octanol–water partition coefficient (Wildman–Crippen LogP) is 6.31. The molecule has 2 amide bonds. The monoisotopic (exact) mass is 414 g/mol. The minimum atomic E-state index is -0.219. The van der Waals surface area contributed by atoms with Gasteiger partial charge in [-0.05, 0) is 60.3 Å². The maximum absolute atomic E-state index is 12.9. The van der Waals surface area contributed by atoms with E-state index in [0.717, 1.165) is 16.3 Å². The van der Waals surface area contributed by atoms with Crippen LogP contribution in [0.2, 0.25) is 5.02 Å². The van der Waals surface area contributed by atoms with Crippen molar-refractivity contribution >= 4 is 45.6 Å². The van der Waals surface area contributed by atoms with E-state index in [0.29, 0.717) is 27.5 Å². The van der Waals surface area contributed by atoms with E-state index in [1.807, 2.05) is 55.5 Å². The minimum absolute atomic E-state index is 0.178. The van der Waals surface area contributed by atoms with Crippen LogP contribution in [0, 0.1) is 6.92 Å². The summed E-state index contributed by atoms with van der Waals surface area (Å²) in [4.78, 5) is 25.2. The average molecular weight is 415 g/mol. The number of hydrogen-bond acceptors (Lipinski definition) is 2. The average Bonchev–Trinajstić information content (AvgIpc) is 2.76. The van der Waals surface area contributed by atoms with Crippen molar-refractivity contribution < 1.29 is 9.59 Å². The van der Waals surface area contributed by atoms with Crippen molar-refractivity contribution in [2.75, 3.05) is 10.6 Å². The van der Waals surface area contributed by atoms with Gasteiger partial charge >= 0.3 is 0 Å². The number of benzene rings is 4. The third kappa shape index (κ3) is 4.04. The topological polar surface area (TPSA) is 58.2 Å². The van der Waals surface area contributed by atoms with Gasteiger partial charge in [0, 0.05) is 32.9 Å². The lowest BCUT2D eigenvalue weighted by molar-refractivity contribution is 0.101. The lowest BCUT2D eigenvalue weighted by Gasteiger charge is -2.12. The molecule has 0 aromatic heterocycles. The van der Waals surface area contributed by atoms with Gasteiger partial charge in [-0.1, -0.05) is 54.1 Å². The quantitative estimate of drug-likeness (QED) is 0.411. The molecule has 0 unspecified atom stereocenters. The maximum Gasteiger partial charge on any atom is 0.256 e. The van der Waals surface area contributed by atoms with Crippen LogP contribution in [0.25, 0.3) is 10.8 Å². The second-order valence-electron chi connectivity index (χ2n) is 6.94. The molecule has 5 heteroatoms. The molecule has 148 valence electrons. The van der Waals surface area contributed by atoms with Gasteiger partial charge in [-0.3, -0.25) is 9.59 Å². The van der Waals surface area contributed by atoms with Gasteiger partial charge in [0.1, 0.15) is 0 Å². The summed E-state index contributed by atoms with van der Waals surface area (Å²) >= 11 is 6.25. The van der Waals surface area contributed by atoms with Gasteiger partial charge in [0.15, 0.2) is 0 Å². The van der Waals surface area contributed by atoms with Gasteiger partial charge in [-0.15, -0.1) is 0 Å². The van der Waals surface area contributed by atoms with E-state index in [1.54, 1.807) is 36.4 Å². The van der Waals surface area contributed by atoms with Crippen LogP contribution in [0.5, 0.6) is 0 Å². The Morgan fingerprint density at radius 2 is 1.47 bits per heavy atom. The fourth-order valence-corrected chi connectivity index (χ4v) is 3.57. The molecule has 4 aromatic rings. The van der Waals surface area contributed by atoms with E-state index in [-0.39, 0.29) is 11.8 Å². The third-order valence-corrected chi connectivity index (χ3v) is 5.21. The van der Waals surface area contributed by atoms with Gasteiger partial charge in [0.2, 0.25) is 0 Å². The molecule has 0 aliphatic carbocycles. The lowest BCUT2D eigenvalue weighted by atomic mass is 10.0. The highest BCUT2D eigenvalue weighted by molar-refractivity contribution is 6.36. The number of aryl methyl sites for hydroxylation is 1. The summed E-state index contributed by atoms with van der Waals surface area (Å²) in [5, 5.41) is 8.07. The molecule has 0 heterocycles. The van der Waals surface area contributed by atoms with Gasteiger partial charge in [-0.2, -0.15) is 0 Å². The summed E-state index contributed by atoms with van der Waals surface area (Å²) in [6.45, 7) is 1.88. The number of rotatable bonds is 4. The van der Waals surface area contributed by atoms with Gasteiger partial charge in [0.05, 0.1) is 0 Å². The molecule has 0 aliphatic rings. The molecular weight excluding hydrogens is 396 g/mol. The van der Waals surface area contributed by atoms with Gasteiger partial charge < -0.3 is 10.6 Å². The van der Waals surface area contributed by atoms with Crippen molar-refractivity contribution in [2.45, 2.75) is 6.92 Å². The molecular formula is C25H19ClN2O2. The van der Waals surface area contributed by atoms with Crippen LogP contribution in [0.4, 0.5) is 11.4 Å². The van der Waals surface area contributed by atoms with E-state index in [4.69, 9.17) is 11.6 Å². The highest BCUT2D eigenvalue weighted by Gasteiger charge is 2.13. The molecule has 0 saturated carbocycles. The Labute approximate surface area is 179 Å². The molecule has 30 heavy (non-hydrogen) atoms. The van der Waals surface area contributed by atoms with Crippen LogP contribution in [0.1, 0.15) is 26.3 Å². The number of carbonyl (C=O) groups excluding carboxylic acids is 2. The second kappa shape index (κ2) is 8.39. The second-order valence-corrected chi connectivity index (χ2v) is 7.35. The molecule has 0 atom stereocenters. The zero-order valence-electron chi connectivity index (χ0n) is 16.3. The molecule has 0 saturated heterocycles. The minimum Gasteiger partial charge on any atom is -0.322 e. The van der Waals surface area contributed by atoms with Crippen molar-refractivity contribution in [3.8, 4) is 0 Å². The summed E-state index contributed by atoms with van der Waals surface area (Å²) in [5.74, 6) is -0.397. The van der Waals surface area contributed by atoms with Crippen LogP contribution >= 0.6 is 11.6 Å². The van der Waals surface area contributed by atoms with E-state index in [9.17, 15) is 9.59 Å². The number of fused-ring (bicyclic) bond motifs is 1. The van der Waals surface area contributed by atoms with Crippen LogP contribution in [0.3, 0.4) is 0 Å². The smallest absolute Gasteiger partial charge is 0.256 e. The van der Waals surface area contributed by atoms with Crippen molar-refractivity contribution in [1.29, 1.82) is 0 Å². The van der Waals surface area contributed by atoms with E-state index >= 15 is 0 Å². The molecule has 4 rings (SSSR count). The van der Waals surface area contributed by atoms with Gasteiger partial charge in [-0.25, -0.2) is 0 Å². The van der Waals surface area contributed by atoms with Crippen molar-refractivity contribution in [3.63, 3.8) is 0 Å². The standard InChI is InChI=1S/C25H19ClN2O2/c1-16-15-18(13-14-23(16)28-24(29)17-7-3-2-4-8-17)27-25(30)21-11-5-10-20-19(21)9-6-12-22(20)26/h2-15H,1H3,(H,27,30)(H,28,29). The van der Waals surface area contributed by atoms with Crippen LogP contribution < -0.4 is 10.6 Å². The first-order valence-electron chi connectivity index (χ1n) is 9.48. The predicted molar refractivity (Wildman–Crippen MR) is 122 cm³/mol.